The van der Waals surface area contributed by atoms with Gasteiger partial charge in [0.2, 0.25) is 5.91 Å². The molecule has 3 heteroatoms. The van der Waals surface area contributed by atoms with E-state index >= 15 is 0 Å². The quantitative estimate of drug-likeness (QED) is 0.843. The molecule has 1 atom stereocenters. The van der Waals surface area contributed by atoms with Crippen LogP contribution in [0.1, 0.15) is 25.0 Å². The monoisotopic (exact) mass is 283 g/mol. The molecule has 0 unspecified atom stereocenters. The van der Waals surface area contributed by atoms with Crippen LogP contribution in [0.3, 0.4) is 0 Å². The molecular weight excluding hydrogens is 266 g/mol. The number of alkyl halides is 1. The van der Waals surface area contributed by atoms with Crippen molar-refractivity contribution in [2.75, 3.05) is 5.32 Å². The van der Waals surface area contributed by atoms with Crippen molar-refractivity contribution in [1.82, 2.24) is 0 Å². The Hall–Kier alpha value is -0.830. The molecule has 0 saturated carbocycles. The first-order chi connectivity index (χ1) is 7.43. The van der Waals surface area contributed by atoms with Crippen LogP contribution in [0.2, 0.25) is 0 Å². The van der Waals surface area contributed by atoms with Gasteiger partial charge in [-0.2, -0.15) is 0 Å². The predicted molar refractivity (Wildman–Crippen MR) is 72.1 cm³/mol. The summed E-state index contributed by atoms with van der Waals surface area (Å²) in [6.45, 7) is 8.09. The Kier molecular flexibility index (Phi) is 4.54. The van der Waals surface area contributed by atoms with E-state index in [9.17, 15) is 4.79 Å². The lowest BCUT2D eigenvalue weighted by molar-refractivity contribution is -0.116. The molecule has 1 N–H and O–H groups in total. The van der Waals surface area contributed by atoms with Crippen LogP contribution in [0.25, 0.3) is 0 Å². The molecule has 2 nitrogen and oxygen atoms in total. The molecule has 0 heterocycles. The highest BCUT2D eigenvalue weighted by Gasteiger charge is 2.19. The van der Waals surface area contributed by atoms with Gasteiger partial charge in [-0.05, 0) is 37.0 Å². The molecule has 1 rings (SSSR count). The second kappa shape index (κ2) is 5.48. The van der Waals surface area contributed by atoms with Crippen LogP contribution < -0.4 is 5.32 Å². The molecule has 0 saturated heterocycles. The van der Waals surface area contributed by atoms with Crippen LogP contribution in [0.4, 0.5) is 5.69 Å². The molecule has 0 aliphatic carbocycles. The molecule has 1 aromatic rings. The van der Waals surface area contributed by atoms with E-state index < -0.39 is 0 Å². The highest BCUT2D eigenvalue weighted by molar-refractivity contribution is 9.10. The summed E-state index contributed by atoms with van der Waals surface area (Å²) in [4.78, 5) is 11.7. The Bertz CT molecular complexity index is 388. The average Bonchev–Trinajstić information content (AvgIpc) is 2.23. The van der Waals surface area contributed by atoms with Crippen LogP contribution >= 0.6 is 15.9 Å². The van der Waals surface area contributed by atoms with Gasteiger partial charge in [-0.15, -0.1) is 0 Å². The first-order valence-corrected chi connectivity index (χ1v) is 6.36. The van der Waals surface area contributed by atoms with Gasteiger partial charge >= 0.3 is 0 Å². The van der Waals surface area contributed by atoms with Crippen molar-refractivity contribution < 1.29 is 4.79 Å². The van der Waals surface area contributed by atoms with Gasteiger partial charge in [-0.1, -0.05) is 41.9 Å². The molecule has 88 valence electrons. The normalized spacial score (nSPS) is 12.6. The summed E-state index contributed by atoms with van der Waals surface area (Å²) in [6, 6.07) is 5.93. The first-order valence-electron chi connectivity index (χ1n) is 5.44. The Labute approximate surface area is 106 Å². The van der Waals surface area contributed by atoms with Crippen LogP contribution in [0.15, 0.2) is 18.2 Å². The van der Waals surface area contributed by atoms with E-state index in [0.29, 0.717) is 0 Å². The molecule has 0 spiro atoms. The van der Waals surface area contributed by atoms with Gasteiger partial charge < -0.3 is 5.32 Å². The fourth-order valence-corrected chi connectivity index (χ4v) is 1.51. The van der Waals surface area contributed by atoms with Crippen LogP contribution in [-0.4, -0.2) is 10.7 Å². The Morgan fingerprint density at radius 2 is 1.94 bits per heavy atom. The van der Waals surface area contributed by atoms with Gasteiger partial charge in [0.15, 0.2) is 0 Å². The lowest BCUT2D eigenvalue weighted by Gasteiger charge is -2.15. The average molecular weight is 284 g/mol. The molecule has 1 aromatic carbocycles. The van der Waals surface area contributed by atoms with Crippen molar-refractivity contribution in [2.45, 2.75) is 32.5 Å². The standard InChI is InChI=1S/C13H18BrNO/c1-8(2)12(14)13(16)15-11-7-5-6-9(3)10(11)4/h5-8,12H,1-4H3,(H,15,16)/t12-/m0/s1. The van der Waals surface area contributed by atoms with E-state index in [1.807, 2.05) is 45.9 Å². The highest BCUT2D eigenvalue weighted by atomic mass is 79.9. The number of benzene rings is 1. The maximum Gasteiger partial charge on any atom is 0.238 e. The van der Waals surface area contributed by atoms with E-state index in [0.717, 1.165) is 11.3 Å². The number of carbonyl (C=O) groups is 1. The smallest absolute Gasteiger partial charge is 0.238 e. The van der Waals surface area contributed by atoms with E-state index in [4.69, 9.17) is 0 Å². The highest BCUT2D eigenvalue weighted by Crippen LogP contribution is 2.20. The molecule has 0 fully saturated rings. The minimum Gasteiger partial charge on any atom is -0.325 e. The number of hydrogen-bond donors (Lipinski definition) is 1. The lowest BCUT2D eigenvalue weighted by Crippen LogP contribution is -2.27. The Morgan fingerprint density at radius 3 is 2.50 bits per heavy atom. The van der Waals surface area contributed by atoms with Crippen molar-refractivity contribution in [3.8, 4) is 0 Å². The number of aryl methyl sites for hydroxylation is 1. The first kappa shape index (κ1) is 13.2. The molecule has 0 radical (unpaired) electrons. The molecule has 0 bridgehead atoms. The third-order valence-corrected chi connectivity index (χ3v) is 4.17. The molecule has 0 aromatic heterocycles. The zero-order valence-corrected chi connectivity index (χ0v) is 11.8. The van der Waals surface area contributed by atoms with E-state index in [1.54, 1.807) is 0 Å². The number of hydrogen-bond acceptors (Lipinski definition) is 1. The van der Waals surface area contributed by atoms with Crippen molar-refractivity contribution in [1.29, 1.82) is 0 Å². The van der Waals surface area contributed by atoms with Crippen LogP contribution in [-0.2, 0) is 4.79 Å². The molecule has 16 heavy (non-hydrogen) atoms. The van der Waals surface area contributed by atoms with Gasteiger partial charge in [0, 0.05) is 5.69 Å². The minimum atomic E-state index is -0.146. The zero-order chi connectivity index (χ0) is 12.3. The number of halogens is 1. The fraction of sp³-hybridized carbons (Fsp3) is 0.462. The van der Waals surface area contributed by atoms with Gasteiger partial charge in [0.25, 0.3) is 0 Å². The Balaban J connectivity index is 2.81. The third-order valence-electron chi connectivity index (χ3n) is 2.70. The summed E-state index contributed by atoms with van der Waals surface area (Å²) in [5.41, 5.74) is 3.21. The minimum absolute atomic E-state index is 0.0173. The largest absolute Gasteiger partial charge is 0.325 e. The van der Waals surface area contributed by atoms with Crippen molar-refractivity contribution in [3.63, 3.8) is 0 Å². The summed E-state index contributed by atoms with van der Waals surface area (Å²) >= 11 is 3.40. The second-order valence-electron chi connectivity index (χ2n) is 4.38. The molecular formula is C13H18BrNO. The summed E-state index contributed by atoms with van der Waals surface area (Å²) in [5, 5.41) is 2.95. The van der Waals surface area contributed by atoms with Crippen molar-refractivity contribution >= 4 is 27.5 Å². The molecule has 0 aliphatic rings. The SMILES string of the molecule is Cc1cccc(NC(=O)[C@@H](Br)C(C)C)c1C. The van der Waals surface area contributed by atoms with Crippen LogP contribution in [0, 0.1) is 19.8 Å². The van der Waals surface area contributed by atoms with Crippen LogP contribution in [0.5, 0.6) is 0 Å². The maximum atomic E-state index is 11.9. The summed E-state index contributed by atoms with van der Waals surface area (Å²) < 4.78 is 0. The fourth-order valence-electron chi connectivity index (χ4n) is 1.39. The summed E-state index contributed by atoms with van der Waals surface area (Å²) in [7, 11) is 0. The number of nitrogens with one attached hydrogen (secondary N) is 1. The van der Waals surface area contributed by atoms with Gasteiger partial charge in [-0.3, -0.25) is 4.79 Å². The number of anilines is 1. The number of amides is 1. The van der Waals surface area contributed by atoms with Crippen molar-refractivity contribution in [2.24, 2.45) is 5.92 Å². The lowest BCUT2D eigenvalue weighted by atomic mass is 10.1. The van der Waals surface area contributed by atoms with Crippen molar-refractivity contribution in [3.05, 3.63) is 29.3 Å². The number of rotatable bonds is 3. The maximum absolute atomic E-state index is 11.9. The molecule has 0 aliphatic heterocycles. The Morgan fingerprint density at radius 1 is 1.31 bits per heavy atom. The summed E-state index contributed by atoms with van der Waals surface area (Å²) in [5.74, 6) is 0.300. The number of carbonyl (C=O) groups excluding carboxylic acids is 1. The zero-order valence-electron chi connectivity index (χ0n) is 10.2. The third kappa shape index (κ3) is 3.08. The summed E-state index contributed by atoms with van der Waals surface area (Å²) in [6.07, 6.45) is 0. The van der Waals surface area contributed by atoms with E-state index in [2.05, 4.69) is 21.2 Å². The van der Waals surface area contributed by atoms with Gasteiger partial charge in [-0.25, -0.2) is 0 Å². The van der Waals surface area contributed by atoms with E-state index in [1.165, 1.54) is 5.56 Å². The second-order valence-corrected chi connectivity index (χ2v) is 5.37. The van der Waals surface area contributed by atoms with Gasteiger partial charge in [0.05, 0.1) is 4.83 Å². The predicted octanol–water partition coefficient (Wildman–Crippen LogP) is 3.66. The molecule has 1 amide bonds. The van der Waals surface area contributed by atoms with Gasteiger partial charge in [0.1, 0.15) is 0 Å². The topological polar surface area (TPSA) is 29.1 Å². The van der Waals surface area contributed by atoms with E-state index in [-0.39, 0.29) is 16.7 Å².